The summed E-state index contributed by atoms with van der Waals surface area (Å²) in [5.41, 5.74) is -0.870. The number of carboxylic acid groups (broad SMARTS) is 1. The zero-order valence-corrected chi connectivity index (χ0v) is 13.5. The fourth-order valence-electron chi connectivity index (χ4n) is 3.04. The van der Waals surface area contributed by atoms with Gasteiger partial charge in [-0.25, -0.2) is 4.79 Å². The van der Waals surface area contributed by atoms with Crippen molar-refractivity contribution in [1.82, 2.24) is 20.4 Å². The summed E-state index contributed by atoms with van der Waals surface area (Å²) in [5.74, 6) is -1.62. The van der Waals surface area contributed by atoms with Gasteiger partial charge >= 0.3 is 5.97 Å². The first-order valence-electron chi connectivity index (χ1n) is 8.36. The monoisotopic (exact) mass is 334 g/mol. The molecule has 1 aromatic heterocycles. The molecule has 0 radical (unpaired) electrons. The van der Waals surface area contributed by atoms with Crippen LogP contribution in [0.2, 0.25) is 0 Å². The van der Waals surface area contributed by atoms with Gasteiger partial charge in [-0.2, -0.15) is 5.10 Å². The van der Waals surface area contributed by atoms with E-state index >= 15 is 0 Å². The molecule has 130 valence electrons. The van der Waals surface area contributed by atoms with E-state index in [4.69, 9.17) is 5.11 Å². The Morgan fingerprint density at radius 2 is 1.96 bits per heavy atom. The lowest BCUT2D eigenvalue weighted by Crippen LogP contribution is -2.43. The van der Waals surface area contributed by atoms with Crippen LogP contribution < -0.4 is 10.6 Å². The van der Waals surface area contributed by atoms with Gasteiger partial charge in [0, 0.05) is 12.2 Å². The van der Waals surface area contributed by atoms with Gasteiger partial charge in [0.25, 0.3) is 5.91 Å². The van der Waals surface area contributed by atoms with Crippen LogP contribution in [0.3, 0.4) is 0 Å². The average Bonchev–Trinajstić information content (AvgIpc) is 3.18. The highest BCUT2D eigenvalue weighted by atomic mass is 16.4. The van der Waals surface area contributed by atoms with Crippen LogP contribution in [0.1, 0.15) is 55.3 Å². The van der Waals surface area contributed by atoms with Crippen molar-refractivity contribution in [2.45, 2.75) is 63.1 Å². The second-order valence-corrected chi connectivity index (χ2v) is 6.67. The smallest absolute Gasteiger partial charge is 0.329 e. The number of carboxylic acids is 1. The van der Waals surface area contributed by atoms with Crippen LogP contribution in [0, 0.1) is 0 Å². The molecule has 0 aliphatic heterocycles. The summed E-state index contributed by atoms with van der Waals surface area (Å²) in [4.78, 5) is 35.2. The van der Waals surface area contributed by atoms with E-state index in [1.54, 1.807) is 0 Å². The molecule has 24 heavy (non-hydrogen) atoms. The number of carbonyl (C=O) groups is 3. The summed E-state index contributed by atoms with van der Waals surface area (Å²) in [6.45, 7) is 0.0495. The first kappa shape index (κ1) is 16.5. The largest absolute Gasteiger partial charge is 0.480 e. The minimum atomic E-state index is -1.13. The molecule has 1 heterocycles. The van der Waals surface area contributed by atoms with E-state index < -0.39 is 17.4 Å². The van der Waals surface area contributed by atoms with Crippen molar-refractivity contribution in [2.24, 2.45) is 0 Å². The summed E-state index contributed by atoms with van der Waals surface area (Å²) >= 11 is 0. The molecule has 2 aliphatic rings. The number of hydrogen-bond donors (Lipinski definition) is 3. The van der Waals surface area contributed by atoms with Gasteiger partial charge in [-0.15, -0.1) is 0 Å². The molecule has 8 nitrogen and oxygen atoms in total. The third-order valence-corrected chi connectivity index (χ3v) is 4.68. The molecule has 1 aromatic rings. The Labute approximate surface area is 139 Å². The molecule has 0 bridgehead atoms. The maximum Gasteiger partial charge on any atom is 0.329 e. The fourth-order valence-corrected chi connectivity index (χ4v) is 3.04. The predicted molar refractivity (Wildman–Crippen MR) is 84.3 cm³/mol. The van der Waals surface area contributed by atoms with Crippen LogP contribution in [-0.4, -0.2) is 44.3 Å². The molecule has 8 heteroatoms. The highest BCUT2D eigenvalue weighted by Gasteiger charge is 2.51. The van der Waals surface area contributed by atoms with Gasteiger partial charge < -0.3 is 15.7 Å². The summed E-state index contributed by atoms with van der Waals surface area (Å²) < 4.78 is 1.40. The average molecular weight is 334 g/mol. The fraction of sp³-hybridized carbons (Fsp3) is 0.625. The normalized spacial score (nSPS) is 19.5. The van der Waals surface area contributed by atoms with Crippen LogP contribution in [-0.2, 0) is 16.1 Å². The van der Waals surface area contributed by atoms with E-state index in [1.165, 1.54) is 23.5 Å². The molecule has 0 spiro atoms. The van der Waals surface area contributed by atoms with Crippen LogP contribution in [0.25, 0.3) is 0 Å². The summed E-state index contributed by atoms with van der Waals surface area (Å²) in [6.07, 6.45) is 9.21. The Balaban J connectivity index is 1.52. The quantitative estimate of drug-likeness (QED) is 0.708. The van der Waals surface area contributed by atoms with Crippen LogP contribution in [0.4, 0.5) is 0 Å². The number of hydrogen-bond acceptors (Lipinski definition) is 4. The lowest BCUT2D eigenvalue weighted by molar-refractivity contribution is -0.140. The number of aliphatic carboxylic acids is 1. The highest BCUT2D eigenvalue weighted by Crippen LogP contribution is 2.35. The molecule has 3 N–H and O–H groups in total. The van der Waals surface area contributed by atoms with Crippen LogP contribution >= 0.6 is 0 Å². The SMILES string of the molecule is O=C(Cn1cc(C(=O)NC2(C(=O)O)CC2)cn1)NC1CCCCC1. The van der Waals surface area contributed by atoms with Gasteiger partial charge in [-0.05, 0) is 25.7 Å². The molecule has 0 saturated heterocycles. The third kappa shape index (κ3) is 3.74. The van der Waals surface area contributed by atoms with E-state index in [9.17, 15) is 14.4 Å². The molecule has 0 unspecified atom stereocenters. The van der Waals surface area contributed by atoms with Gasteiger partial charge in [-0.1, -0.05) is 19.3 Å². The van der Waals surface area contributed by atoms with E-state index in [1.807, 2.05) is 0 Å². The Morgan fingerprint density at radius 3 is 2.58 bits per heavy atom. The van der Waals surface area contributed by atoms with Crippen molar-refractivity contribution in [1.29, 1.82) is 0 Å². The van der Waals surface area contributed by atoms with Crippen molar-refractivity contribution < 1.29 is 19.5 Å². The number of nitrogens with zero attached hydrogens (tertiary/aromatic N) is 2. The van der Waals surface area contributed by atoms with Crippen LogP contribution in [0.15, 0.2) is 12.4 Å². The molecule has 3 rings (SSSR count). The maximum absolute atomic E-state index is 12.1. The van der Waals surface area contributed by atoms with Crippen LogP contribution in [0.5, 0.6) is 0 Å². The Bertz CT molecular complexity index is 644. The molecule has 2 fully saturated rings. The first-order chi connectivity index (χ1) is 11.5. The Morgan fingerprint density at radius 1 is 1.25 bits per heavy atom. The third-order valence-electron chi connectivity index (χ3n) is 4.68. The van der Waals surface area contributed by atoms with E-state index in [-0.39, 0.29) is 24.1 Å². The van der Waals surface area contributed by atoms with Gasteiger partial charge in [0.15, 0.2) is 0 Å². The number of rotatable bonds is 6. The van der Waals surface area contributed by atoms with Gasteiger partial charge in [0.2, 0.25) is 5.91 Å². The van der Waals surface area contributed by atoms with E-state index in [2.05, 4.69) is 15.7 Å². The zero-order valence-electron chi connectivity index (χ0n) is 13.5. The number of aromatic nitrogens is 2. The molecule has 2 saturated carbocycles. The minimum absolute atomic E-state index is 0.0495. The van der Waals surface area contributed by atoms with Crippen molar-refractivity contribution in [3.05, 3.63) is 18.0 Å². The number of nitrogens with one attached hydrogen (secondary N) is 2. The summed E-state index contributed by atoms with van der Waals surface area (Å²) in [6, 6.07) is 0.231. The standard InChI is InChI=1S/C16H22N4O4/c21-13(18-12-4-2-1-3-5-12)10-20-9-11(8-17-20)14(22)19-16(6-7-16)15(23)24/h8-9,12H,1-7,10H2,(H,18,21)(H,19,22)(H,23,24). The van der Waals surface area contributed by atoms with Gasteiger partial charge in [0.05, 0.1) is 11.8 Å². The first-order valence-corrected chi connectivity index (χ1v) is 8.36. The number of carbonyl (C=O) groups excluding carboxylic acids is 2. The Hall–Kier alpha value is -2.38. The lowest BCUT2D eigenvalue weighted by atomic mass is 9.95. The minimum Gasteiger partial charge on any atom is -0.480 e. The van der Waals surface area contributed by atoms with Crippen molar-refractivity contribution in [3.63, 3.8) is 0 Å². The second-order valence-electron chi connectivity index (χ2n) is 6.67. The molecule has 0 aromatic carbocycles. The zero-order chi connectivity index (χ0) is 17.2. The summed E-state index contributed by atoms with van der Waals surface area (Å²) in [5, 5.41) is 18.6. The maximum atomic E-state index is 12.1. The van der Waals surface area contributed by atoms with Crippen molar-refractivity contribution >= 4 is 17.8 Å². The molecule has 2 amide bonds. The van der Waals surface area contributed by atoms with E-state index in [0.717, 1.165) is 25.7 Å². The second kappa shape index (κ2) is 6.62. The highest BCUT2D eigenvalue weighted by molar-refractivity contribution is 5.98. The van der Waals surface area contributed by atoms with Gasteiger partial charge in [0.1, 0.15) is 12.1 Å². The molecular weight excluding hydrogens is 312 g/mol. The lowest BCUT2D eigenvalue weighted by Gasteiger charge is -2.22. The Kier molecular flexibility index (Phi) is 4.55. The topological polar surface area (TPSA) is 113 Å². The number of amides is 2. The van der Waals surface area contributed by atoms with Crippen molar-refractivity contribution in [3.8, 4) is 0 Å². The summed E-state index contributed by atoms with van der Waals surface area (Å²) in [7, 11) is 0. The molecule has 0 atom stereocenters. The predicted octanol–water partition coefficient (Wildman–Crippen LogP) is 0.679. The van der Waals surface area contributed by atoms with Gasteiger partial charge in [-0.3, -0.25) is 14.3 Å². The molecular formula is C16H22N4O4. The van der Waals surface area contributed by atoms with E-state index in [0.29, 0.717) is 12.8 Å². The molecule has 2 aliphatic carbocycles. The van der Waals surface area contributed by atoms with Crippen molar-refractivity contribution in [2.75, 3.05) is 0 Å².